The van der Waals surface area contributed by atoms with Gasteiger partial charge in [-0.05, 0) is 24.2 Å². The van der Waals surface area contributed by atoms with Gasteiger partial charge < -0.3 is 4.74 Å². The molecular weight excluding hydrogens is 228 g/mol. The molecule has 1 rings (SSSR count). The van der Waals surface area contributed by atoms with Gasteiger partial charge in [-0.2, -0.15) is 0 Å². The highest BCUT2D eigenvalue weighted by Crippen LogP contribution is 2.09. The summed E-state index contributed by atoms with van der Waals surface area (Å²) >= 11 is 5.78. The van der Waals surface area contributed by atoms with Gasteiger partial charge in [-0.15, -0.1) is 0 Å². The van der Waals surface area contributed by atoms with Crippen molar-refractivity contribution in [3.8, 4) is 0 Å². The van der Waals surface area contributed by atoms with Crippen molar-refractivity contribution in [2.45, 2.75) is 13.5 Å². The highest BCUT2D eigenvalue weighted by Gasteiger charge is 2.09. The number of halogens is 1. The topological polar surface area (TPSA) is 42.4 Å². The normalized spacial score (nSPS) is 10.5. The van der Waals surface area contributed by atoms with E-state index in [0.29, 0.717) is 11.7 Å². The van der Waals surface area contributed by atoms with E-state index in [1.165, 1.54) is 7.11 Å². The number of likely N-dealkylation sites (N-methyl/N-ethyl adjacent to an activating group) is 1. The van der Waals surface area contributed by atoms with Crippen molar-refractivity contribution in [1.82, 2.24) is 9.88 Å². The molecule has 1 aromatic heterocycles. The number of ether oxygens (including phenoxy) is 1. The number of methoxy groups -OCH3 is 1. The molecule has 88 valence electrons. The number of aromatic nitrogens is 1. The molecule has 0 spiro atoms. The summed E-state index contributed by atoms with van der Waals surface area (Å²) in [6.07, 6.45) is 1.66. The average molecular weight is 243 g/mol. The largest absolute Gasteiger partial charge is 0.468 e. The molecule has 0 bridgehead atoms. The number of pyridine rings is 1. The molecule has 0 aliphatic rings. The second-order valence-corrected chi connectivity index (χ2v) is 3.75. The number of hydrogen-bond donors (Lipinski definition) is 0. The number of esters is 1. The van der Waals surface area contributed by atoms with Crippen LogP contribution >= 0.6 is 11.6 Å². The standard InChI is InChI=1S/C11H15ClN2O2/c1-3-14(8-11(15)16-2)7-9-4-5-13-10(12)6-9/h4-6H,3,7-8H2,1-2H3. The highest BCUT2D eigenvalue weighted by atomic mass is 35.5. The summed E-state index contributed by atoms with van der Waals surface area (Å²) in [5.41, 5.74) is 1.03. The first-order chi connectivity index (χ1) is 7.65. The summed E-state index contributed by atoms with van der Waals surface area (Å²) in [5.74, 6) is -0.234. The number of nitrogens with zero attached hydrogens (tertiary/aromatic N) is 2. The molecule has 0 fully saturated rings. The van der Waals surface area contributed by atoms with E-state index in [1.807, 2.05) is 17.9 Å². The molecule has 1 aromatic rings. The van der Waals surface area contributed by atoms with Crippen LogP contribution in [-0.2, 0) is 16.1 Å². The third kappa shape index (κ3) is 4.16. The third-order valence-corrected chi connectivity index (χ3v) is 2.43. The van der Waals surface area contributed by atoms with Crippen LogP contribution in [0.4, 0.5) is 0 Å². The van der Waals surface area contributed by atoms with E-state index in [9.17, 15) is 4.79 Å². The van der Waals surface area contributed by atoms with Crippen LogP contribution in [-0.4, -0.2) is 36.1 Å². The van der Waals surface area contributed by atoms with Crippen LogP contribution in [0.5, 0.6) is 0 Å². The summed E-state index contributed by atoms with van der Waals surface area (Å²) in [6.45, 7) is 3.71. The predicted molar refractivity (Wildman–Crippen MR) is 62.2 cm³/mol. The van der Waals surface area contributed by atoms with Gasteiger partial charge >= 0.3 is 5.97 Å². The smallest absolute Gasteiger partial charge is 0.319 e. The van der Waals surface area contributed by atoms with Gasteiger partial charge in [0.25, 0.3) is 0 Å². The lowest BCUT2D eigenvalue weighted by molar-refractivity contribution is -0.142. The van der Waals surface area contributed by atoms with Crippen LogP contribution in [0.1, 0.15) is 12.5 Å². The van der Waals surface area contributed by atoms with Crippen LogP contribution < -0.4 is 0 Å². The molecule has 0 radical (unpaired) electrons. The van der Waals surface area contributed by atoms with E-state index in [2.05, 4.69) is 9.72 Å². The van der Waals surface area contributed by atoms with E-state index in [0.717, 1.165) is 12.1 Å². The van der Waals surface area contributed by atoms with Crippen LogP contribution in [0.25, 0.3) is 0 Å². The van der Waals surface area contributed by atoms with Gasteiger partial charge in [0, 0.05) is 12.7 Å². The zero-order chi connectivity index (χ0) is 12.0. The lowest BCUT2D eigenvalue weighted by atomic mass is 10.2. The Morgan fingerprint density at radius 1 is 1.62 bits per heavy atom. The van der Waals surface area contributed by atoms with Gasteiger partial charge in [0.1, 0.15) is 5.15 Å². The van der Waals surface area contributed by atoms with E-state index in [4.69, 9.17) is 11.6 Å². The molecule has 0 N–H and O–H groups in total. The molecule has 0 aromatic carbocycles. The molecule has 5 heteroatoms. The Hall–Kier alpha value is -1.13. The van der Waals surface area contributed by atoms with E-state index >= 15 is 0 Å². The van der Waals surface area contributed by atoms with Crippen LogP contribution in [0.2, 0.25) is 5.15 Å². The minimum absolute atomic E-state index is 0.234. The van der Waals surface area contributed by atoms with Gasteiger partial charge in [-0.1, -0.05) is 18.5 Å². The highest BCUT2D eigenvalue weighted by molar-refractivity contribution is 6.29. The second-order valence-electron chi connectivity index (χ2n) is 3.37. The summed E-state index contributed by atoms with van der Waals surface area (Å²) in [7, 11) is 1.39. The Labute approximate surface area is 100 Å². The monoisotopic (exact) mass is 242 g/mol. The molecule has 0 aliphatic heterocycles. The van der Waals surface area contributed by atoms with Crippen LogP contribution in [0.15, 0.2) is 18.3 Å². The molecular formula is C11H15ClN2O2. The van der Waals surface area contributed by atoms with Crippen molar-refractivity contribution in [3.63, 3.8) is 0 Å². The number of rotatable bonds is 5. The maximum atomic E-state index is 11.1. The zero-order valence-electron chi connectivity index (χ0n) is 9.44. The Bertz CT molecular complexity index is 358. The maximum absolute atomic E-state index is 11.1. The fourth-order valence-electron chi connectivity index (χ4n) is 1.33. The minimum Gasteiger partial charge on any atom is -0.468 e. The first-order valence-electron chi connectivity index (χ1n) is 5.05. The van der Waals surface area contributed by atoms with Crippen molar-refractivity contribution < 1.29 is 9.53 Å². The van der Waals surface area contributed by atoms with Crippen molar-refractivity contribution in [1.29, 1.82) is 0 Å². The third-order valence-electron chi connectivity index (χ3n) is 2.22. The summed E-state index contributed by atoms with van der Waals surface area (Å²) < 4.78 is 4.62. The lowest BCUT2D eigenvalue weighted by Crippen LogP contribution is -2.29. The summed E-state index contributed by atoms with van der Waals surface area (Å²) in [6, 6.07) is 3.67. The van der Waals surface area contributed by atoms with Crippen molar-refractivity contribution >= 4 is 17.6 Å². The SMILES string of the molecule is CCN(CC(=O)OC)Cc1ccnc(Cl)c1. The van der Waals surface area contributed by atoms with Gasteiger partial charge in [0.05, 0.1) is 13.7 Å². The Morgan fingerprint density at radius 3 is 2.94 bits per heavy atom. The Kier molecular flexibility index (Phi) is 5.22. The number of carbonyl (C=O) groups is 1. The predicted octanol–water partition coefficient (Wildman–Crippen LogP) is 1.73. The summed E-state index contributed by atoms with van der Waals surface area (Å²) in [4.78, 5) is 17.0. The molecule has 4 nitrogen and oxygen atoms in total. The number of carbonyl (C=O) groups excluding carboxylic acids is 1. The quantitative estimate of drug-likeness (QED) is 0.583. The maximum Gasteiger partial charge on any atom is 0.319 e. The van der Waals surface area contributed by atoms with Crippen molar-refractivity contribution in [2.75, 3.05) is 20.2 Å². The molecule has 0 amide bonds. The molecule has 0 atom stereocenters. The van der Waals surface area contributed by atoms with Gasteiger partial charge in [0.15, 0.2) is 0 Å². The van der Waals surface area contributed by atoms with Gasteiger partial charge in [-0.25, -0.2) is 4.98 Å². The van der Waals surface area contributed by atoms with Crippen molar-refractivity contribution in [2.24, 2.45) is 0 Å². The molecule has 0 unspecified atom stereocenters. The van der Waals surface area contributed by atoms with Crippen LogP contribution in [0, 0.1) is 0 Å². The Morgan fingerprint density at radius 2 is 2.38 bits per heavy atom. The molecule has 0 saturated heterocycles. The lowest BCUT2D eigenvalue weighted by Gasteiger charge is -2.18. The van der Waals surface area contributed by atoms with E-state index in [1.54, 1.807) is 12.3 Å². The zero-order valence-corrected chi connectivity index (χ0v) is 10.2. The second kappa shape index (κ2) is 6.45. The van der Waals surface area contributed by atoms with Crippen LogP contribution in [0.3, 0.4) is 0 Å². The fourth-order valence-corrected chi connectivity index (χ4v) is 1.52. The summed E-state index contributed by atoms with van der Waals surface area (Å²) in [5, 5.41) is 0.464. The van der Waals surface area contributed by atoms with Gasteiger partial charge in [0.2, 0.25) is 0 Å². The molecule has 16 heavy (non-hydrogen) atoms. The number of hydrogen-bond acceptors (Lipinski definition) is 4. The molecule has 1 heterocycles. The van der Waals surface area contributed by atoms with E-state index in [-0.39, 0.29) is 12.5 Å². The van der Waals surface area contributed by atoms with E-state index < -0.39 is 0 Å². The fraction of sp³-hybridized carbons (Fsp3) is 0.455. The minimum atomic E-state index is -0.234. The molecule has 0 saturated carbocycles. The Balaban J connectivity index is 2.59. The first-order valence-corrected chi connectivity index (χ1v) is 5.43. The van der Waals surface area contributed by atoms with Gasteiger partial charge in [-0.3, -0.25) is 9.69 Å². The average Bonchev–Trinajstić information content (AvgIpc) is 2.28. The molecule has 0 aliphatic carbocycles. The first kappa shape index (κ1) is 12.9. The van der Waals surface area contributed by atoms with Crippen molar-refractivity contribution in [3.05, 3.63) is 29.0 Å².